The number of urea groups is 1. The summed E-state index contributed by atoms with van der Waals surface area (Å²) in [5.41, 5.74) is 4.52. The number of ether oxygens (including phenoxy) is 1. The summed E-state index contributed by atoms with van der Waals surface area (Å²) < 4.78 is 5.14. The predicted molar refractivity (Wildman–Crippen MR) is 150 cm³/mol. The Kier molecular flexibility index (Phi) is 7.44. The third-order valence-electron chi connectivity index (χ3n) is 11.4. The van der Waals surface area contributed by atoms with Gasteiger partial charge in [-0.05, 0) is 47.8 Å². The van der Waals surface area contributed by atoms with E-state index >= 15 is 0 Å². The molecule has 0 radical (unpaired) electrons. The maximum atomic E-state index is 14.4. The van der Waals surface area contributed by atoms with Crippen molar-refractivity contribution in [1.29, 1.82) is 0 Å². The first kappa shape index (κ1) is 29.8. The van der Waals surface area contributed by atoms with E-state index < -0.39 is 47.2 Å². The van der Waals surface area contributed by atoms with Gasteiger partial charge < -0.3 is 31.3 Å². The summed E-state index contributed by atoms with van der Waals surface area (Å²) in [6.07, 6.45) is 7.06. The minimum absolute atomic E-state index is 0.0492. The molecule has 41 heavy (non-hydrogen) atoms. The first-order valence-electron chi connectivity index (χ1n) is 15.2. The molecule has 2 spiro atoms. The average Bonchev–Trinajstić information content (AvgIpc) is 3.05. The Labute approximate surface area is 242 Å². The molecule has 5 rings (SSSR count). The van der Waals surface area contributed by atoms with Crippen molar-refractivity contribution in [3.63, 3.8) is 0 Å². The zero-order valence-electron chi connectivity index (χ0n) is 25.1. The van der Waals surface area contributed by atoms with Gasteiger partial charge in [-0.3, -0.25) is 19.2 Å². The molecule has 3 saturated carbocycles. The van der Waals surface area contributed by atoms with E-state index in [0.29, 0.717) is 32.6 Å². The highest BCUT2D eigenvalue weighted by atomic mass is 16.5. The van der Waals surface area contributed by atoms with Gasteiger partial charge in [0, 0.05) is 12.0 Å². The molecule has 228 valence electrons. The maximum absolute atomic E-state index is 14.4. The van der Waals surface area contributed by atoms with Gasteiger partial charge in [0.25, 0.3) is 5.91 Å². The fourth-order valence-electron chi connectivity index (χ4n) is 8.29. The average molecular weight is 574 g/mol. The van der Waals surface area contributed by atoms with Crippen LogP contribution in [0.25, 0.3) is 0 Å². The summed E-state index contributed by atoms with van der Waals surface area (Å²) in [5, 5.41) is 8.57. The lowest BCUT2D eigenvalue weighted by molar-refractivity contribution is -0.143. The van der Waals surface area contributed by atoms with E-state index in [2.05, 4.69) is 29.8 Å². The molecule has 5 aliphatic rings. The van der Waals surface area contributed by atoms with Crippen molar-refractivity contribution in [3.8, 4) is 0 Å². The number of amides is 5. The van der Waals surface area contributed by atoms with Crippen LogP contribution in [0.3, 0.4) is 0 Å². The summed E-state index contributed by atoms with van der Waals surface area (Å²) in [7, 11) is 0. The molecule has 3 aliphatic carbocycles. The number of carbonyl (C=O) groups excluding carboxylic acids is 5. The molecule has 0 aromatic carbocycles. The molecule has 2 aliphatic heterocycles. The first-order valence-corrected chi connectivity index (χ1v) is 15.2. The third kappa shape index (κ3) is 4.81. The molecule has 0 aromatic heterocycles. The van der Waals surface area contributed by atoms with Gasteiger partial charge in [0.15, 0.2) is 0 Å². The number of likely N-dealkylation sites (tertiary alicyclic amines) is 1. The van der Waals surface area contributed by atoms with E-state index in [1.807, 2.05) is 20.8 Å². The third-order valence-corrected chi connectivity index (χ3v) is 11.4. The Morgan fingerprint density at radius 2 is 1.66 bits per heavy atom. The highest BCUT2D eigenvalue weighted by molar-refractivity contribution is 6.37. The van der Waals surface area contributed by atoms with Crippen LogP contribution in [0, 0.1) is 27.6 Å². The quantitative estimate of drug-likeness (QED) is 0.307. The van der Waals surface area contributed by atoms with Crippen LogP contribution in [-0.4, -0.2) is 78.4 Å². The predicted octanol–water partition coefficient (Wildman–Crippen LogP) is 1.63. The summed E-state index contributed by atoms with van der Waals surface area (Å²) in [4.78, 5) is 67.4. The van der Waals surface area contributed by atoms with E-state index in [1.165, 1.54) is 0 Å². The lowest BCUT2D eigenvalue weighted by Gasteiger charge is -2.37. The van der Waals surface area contributed by atoms with E-state index in [0.717, 1.165) is 38.5 Å². The van der Waals surface area contributed by atoms with Gasteiger partial charge in [-0.15, -0.1) is 0 Å². The number of hydrogen-bond donors (Lipinski definition) is 4. The van der Waals surface area contributed by atoms with Crippen LogP contribution in [-0.2, 0) is 23.9 Å². The van der Waals surface area contributed by atoms with Gasteiger partial charge in [0.05, 0.1) is 25.3 Å². The van der Waals surface area contributed by atoms with Crippen molar-refractivity contribution in [2.24, 2.45) is 33.3 Å². The van der Waals surface area contributed by atoms with Gasteiger partial charge in [0.1, 0.15) is 12.1 Å². The molecule has 4 unspecified atom stereocenters. The van der Waals surface area contributed by atoms with E-state index in [-0.39, 0.29) is 34.1 Å². The number of nitrogens with one attached hydrogen (secondary N) is 3. The van der Waals surface area contributed by atoms with Crippen LogP contribution in [0.15, 0.2) is 0 Å². The van der Waals surface area contributed by atoms with Gasteiger partial charge >= 0.3 is 6.03 Å². The number of carbonyl (C=O) groups is 5. The van der Waals surface area contributed by atoms with Crippen LogP contribution < -0.4 is 21.7 Å². The molecule has 0 aromatic rings. The largest absolute Gasteiger partial charge is 0.377 e. The monoisotopic (exact) mass is 573 g/mol. The van der Waals surface area contributed by atoms with E-state index in [9.17, 15) is 24.0 Å². The number of rotatable bonds is 9. The lowest BCUT2D eigenvalue weighted by atomic mass is 9.73. The minimum Gasteiger partial charge on any atom is -0.377 e. The fourth-order valence-corrected chi connectivity index (χ4v) is 8.29. The van der Waals surface area contributed by atoms with Crippen molar-refractivity contribution < 1.29 is 28.7 Å². The molecule has 11 heteroatoms. The highest BCUT2D eigenvalue weighted by Crippen LogP contribution is 2.88. The summed E-state index contributed by atoms with van der Waals surface area (Å²) in [6.45, 7) is 11.4. The van der Waals surface area contributed by atoms with Crippen LogP contribution in [0.4, 0.5) is 4.79 Å². The smallest absolute Gasteiger partial charge is 0.315 e. The topological polar surface area (TPSA) is 160 Å². The SMILES string of the molecule is CC(C)(C)C(NC(=O)NC1COC1)C(=O)N1CC2(CC1C(=O)NC(CC1CCC1)C(=O)C(N)=O)C(C)(C)C21CCC1. The normalized spacial score (nSPS) is 29.5. The van der Waals surface area contributed by atoms with Gasteiger partial charge in [0.2, 0.25) is 17.6 Å². The zero-order chi connectivity index (χ0) is 30.0. The Bertz CT molecular complexity index is 1120. The minimum atomic E-state index is -1.07. The number of Topliss-reactive ketones (excluding diaryl/α,β-unsaturated/α-hetero) is 1. The van der Waals surface area contributed by atoms with Crippen molar-refractivity contribution in [1.82, 2.24) is 20.9 Å². The molecular weight excluding hydrogens is 526 g/mol. The molecule has 4 atom stereocenters. The summed E-state index contributed by atoms with van der Waals surface area (Å²) in [6, 6.07) is -3.25. The first-order chi connectivity index (χ1) is 19.1. The van der Waals surface area contributed by atoms with Crippen molar-refractivity contribution in [2.75, 3.05) is 19.8 Å². The number of nitrogens with two attached hydrogens (primary N) is 1. The fraction of sp³-hybridized carbons (Fsp3) is 0.833. The molecular formula is C30H47N5O6. The second-order valence-electron chi connectivity index (χ2n) is 14.8. The number of fused-ring (bicyclic) bond motifs is 1. The van der Waals surface area contributed by atoms with E-state index in [1.54, 1.807) is 4.90 Å². The molecule has 11 nitrogen and oxygen atoms in total. The number of primary amides is 1. The number of hydrogen-bond acceptors (Lipinski definition) is 6. The Morgan fingerprint density at radius 1 is 1.00 bits per heavy atom. The van der Waals surface area contributed by atoms with E-state index in [4.69, 9.17) is 10.5 Å². The Morgan fingerprint density at radius 3 is 2.10 bits per heavy atom. The zero-order valence-corrected chi connectivity index (χ0v) is 25.1. The standard InChI is InChI=1S/C30H47N5O6/c1-27(2,3)22(34-26(40)32-18-14-41-15-18)25(39)35-16-30(28(4,5)29(30)10-7-11-29)13-20(35)24(38)33-19(21(36)23(31)37)12-17-8-6-9-17/h17-20,22H,6-16H2,1-5H3,(H2,31,37)(H,33,38)(H2,32,34,40). The second-order valence-corrected chi connectivity index (χ2v) is 14.8. The van der Waals surface area contributed by atoms with Crippen molar-refractivity contribution in [3.05, 3.63) is 0 Å². The molecule has 0 bridgehead atoms. The molecule has 2 saturated heterocycles. The van der Waals surface area contributed by atoms with Crippen LogP contribution in [0.5, 0.6) is 0 Å². The Balaban J connectivity index is 1.40. The molecule has 5 fully saturated rings. The van der Waals surface area contributed by atoms with Crippen LogP contribution >= 0.6 is 0 Å². The summed E-state index contributed by atoms with van der Waals surface area (Å²) >= 11 is 0. The van der Waals surface area contributed by atoms with Crippen molar-refractivity contribution >= 4 is 29.5 Å². The van der Waals surface area contributed by atoms with Gasteiger partial charge in [-0.25, -0.2) is 4.79 Å². The summed E-state index contributed by atoms with van der Waals surface area (Å²) in [5.74, 6) is -2.37. The number of ketones is 1. The molecule has 5 N–H and O–H groups in total. The lowest BCUT2D eigenvalue weighted by Crippen LogP contribution is -2.61. The highest BCUT2D eigenvalue weighted by Gasteiger charge is 2.85. The second kappa shape index (κ2) is 10.2. The molecule has 2 heterocycles. The van der Waals surface area contributed by atoms with Crippen molar-refractivity contribution in [2.45, 2.75) is 110 Å². The van der Waals surface area contributed by atoms with Crippen LogP contribution in [0.1, 0.15) is 86.0 Å². The molecule has 5 amide bonds. The van der Waals surface area contributed by atoms with Gasteiger partial charge in [-0.1, -0.05) is 60.3 Å². The van der Waals surface area contributed by atoms with Crippen LogP contribution in [0.2, 0.25) is 0 Å². The van der Waals surface area contributed by atoms with Gasteiger partial charge in [-0.2, -0.15) is 0 Å². The Hall–Kier alpha value is -2.69. The maximum Gasteiger partial charge on any atom is 0.315 e. The number of nitrogens with zero attached hydrogens (tertiary/aromatic N) is 1.